The van der Waals surface area contributed by atoms with Gasteiger partial charge < -0.3 is 14.6 Å². The average Bonchev–Trinajstić information content (AvgIpc) is 3.63. The highest BCUT2D eigenvalue weighted by Gasteiger charge is 2.17. The maximum atomic E-state index is 15.1. The van der Waals surface area contributed by atoms with E-state index >= 15 is 4.39 Å². The van der Waals surface area contributed by atoms with Gasteiger partial charge in [-0.25, -0.2) is 13.8 Å². The number of pyridine rings is 2. The van der Waals surface area contributed by atoms with Crippen molar-refractivity contribution in [1.29, 1.82) is 0 Å². The van der Waals surface area contributed by atoms with Crippen molar-refractivity contribution in [2.45, 2.75) is 13.5 Å². The van der Waals surface area contributed by atoms with E-state index in [-0.39, 0.29) is 17.0 Å². The molecule has 0 unspecified atom stereocenters. The molecule has 1 N–H and O–H groups in total. The van der Waals surface area contributed by atoms with E-state index in [0.717, 1.165) is 27.9 Å². The molecule has 0 saturated heterocycles. The van der Waals surface area contributed by atoms with Gasteiger partial charge in [0.15, 0.2) is 11.6 Å². The quantitative estimate of drug-likeness (QED) is 0.232. The predicted octanol–water partition coefficient (Wildman–Crippen LogP) is 6.65. The minimum atomic E-state index is -0.716. The molecule has 2 aromatic carbocycles. The molecule has 0 spiro atoms. The number of nitrogens with one attached hydrogen (secondary N) is 1. The summed E-state index contributed by atoms with van der Waals surface area (Å²) in [6.45, 7) is 2.84. The van der Waals surface area contributed by atoms with Gasteiger partial charge in [0.2, 0.25) is 0 Å². The van der Waals surface area contributed by atoms with Gasteiger partial charge in [-0.1, -0.05) is 0 Å². The highest BCUT2D eigenvalue weighted by atomic mass is 32.1. The smallest absolute Gasteiger partial charge is 0.267 e. The summed E-state index contributed by atoms with van der Waals surface area (Å²) in [4.78, 5) is 35.6. The first-order valence-electron chi connectivity index (χ1n) is 12.6. The summed E-state index contributed by atoms with van der Waals surface area (Å²) in [5.41, 5.74) is 1.30. The zero-order valence-electron chi connectivity index (χ0n) is 21.5. The number of carbonyl (C=O) groups is 1. The van der Waals surface area contributed by atoms with Crippen LogP contribution in [0.5, 0.6) is 11.5 Å². The van der Waals surface area contributed by atoms with E-state index < -0.39 is 23.1 Å². The molecule has 0 fully saturated rings. The molecule has 11 heteroatoms. The molecular formula is C30H21F2N5O3S. The lowest BCUT2D eigenvalue weighted by molar-refractivity contribution is 0.102. The zero-order valence-corrected chi connectivity index (χ0v) is 22.4. The number of rotatable bonds is 7. The van der Waals surface area contributed by atoms with E-state index in [2.05, 4.69) is 15.3 Å². The van der Waals surface area contributed by atoms with Gasteiger partial charge in [0.1, 0.15) is 17.1 Å². The fourth-order valence-corrected chi connectivity index (χ4v) is 5.26. The van der Waals surface area contributed by atoms with Crippen LogP contribution in [0.1, 0.15) is 17.3 Å². The summed E-state index contributed by atoms with van der Waals surface area (Å²) < 4.78 is 38.2. The van der Waals surface area contributed by atoms with Gasteiger partial charge in [-0.3, -0.25) is 19.1 Å². The van der Waals surface area contributed by atoms with Crippen LogP contribution in [0.2, 0.25) is 0 Å². The Morgan fingerprint density at radius 2 is 1.85 bits per heavy atom. The fourth-order valence-electron chi connectivity index (χ4n) is 4.23. The van der Waals surface area contributed by atoms with E-state index in [0.29, 0.717) is 17.0 Å². The molecule has 4 heterocycles. The molecular weight excluding hydrogens is 548 g/mol. The number of hydrogen-bond acceptors (Lipinski definition) is 6. The van der Waals surface area contributed by atoms with Crippen molar-refractivity contribution in [2.24, 2.45) is 0 Å². The number of thiophene rings is 1. The lowest BCUT2D eigenvalue weighted by Gasteiger charge is -2.11. The summed E-state index contributed by atoms with van der Waals surface area (Å²) >= 11 is 1.44. The first kappa shape index (κ1) is 26.1. The maximum absolute atomic E-state index is 15.1. The highest BCUT2D eigenvalue weighted by molar-refractivity contribution is 7.22. The molecule has 0 bridgehead atoms. The lowest BCUT2D eigenvalue weighted by atomic mass is 10.2. The zero-order chi connectivity index (χ0) is 28.5. The number of fused-ring (bicyclic) bond motifs is 1. The second-order valence-electron chi connectivity index (χ2n) is 9.00. The van der Waals surface area contributed by atoms with E-state index in [9.17, 15) is 14.0 Å². The van der Waals surface area contributed by atoms with Crippen molar-refractivity contribution in [3.63, 3.8) is 0 Å². The number of hydrogen-bond donors (Lipinski definition) is 1. The average molecular weight is 570 g/mol. The normalized spacial score (nSPS) is 11.1. The van der Waals surface area contributed by atoms with Crippen molar-refractivity contribution in [1.82, 2.24) is 19.1 Å². The van der Waals surface area contributed by atoms with Crippen molar-refractivity contribution < 1.29 is 18.3 Å². The molecule has 41 heavy (non-hydrogen) atoms. The summed E-state index contributed by atoms with van der Waals surface area (Å²) in [5.74, 6) is -1.48. The second kappa shape index (κ2) is 10.8. The molecule has 1 amide bonds. The molecule has 0 atom stereocenters. The number of halogens is 2. The first-order valence-corrected chi connectivity index (χ1v) is 13.4. The van der Waals surface area contributed by atoms with Crippen LogP contribution in [0.4, 0.5) is 14.5 Å². The maximum Gasteiger partial charge on any atom is 0.267 e. The van der Waals surface area contributed by atoms with Gasteiger partial charge in [0.25, 0.3) is 11.5 Å². The Hall–Kier alpha value is -5.16. The number of carbonyl (C=O) groups excluding carboxylic acids is 1. The van der Waals surface area contributed by atoms with Crippen LogP contribution >= 0.6 is 11.3 Å². The van der Waals surface area contributed by atoms with Crippen LogP contribution in [0.15, 0.2) is 96.4 Å². The molecule has 6 rings (SSSR count). The van der Waals surface area contributed by atoms with Crippen molar-refractivity contribution in [2.75, 3.05) is 5.32 Å². The van der Waals surface area contributed by atoms with E-state index in [1.165, 1.54) is 70.6 Å². The Labute approximate surface area is 236 Å². The third-order valence-corrected chi connectivity index (χ3v) is 7.49. The summed E-state index contributed by atoms with van der Waals surface area (Å²) in [7, 11) is 0. The molecule has 6 aromatic rings. The SMILES string of the molecule is CCn1cnc(-c2cc3nccc(Oc4ccc(NC(=O)c5cccn(-c6ccc(F)cc6)c5=O)cc4F)c3s2)c1. The van der Waals surface area contributed by atoms with Crippen molar-refractivity contribution in [3.05, 3.63) is 119 Å². The second-order valence-corrected chi connectivity index (χ2v) is 10.1. The molecule has 204 valence electrons. The number of aromatic nitrogens is 4. The minimum Gasteiger partial charge on any atom is -0.453 e. The van der Waals surface area contributed by atoms with Gasteiger partial charge >= 0.3 is 0 Å². The Bertz CT molecular complexity index is 1960. The predicted molar refractivity (Wildman–Crippen MR) is 153 cm³/mol. The molecule has 0 aliphatic rings. The van der Waals surface area contributed by atoms with Crippen LogP contribution in [0.3, 0.4) is 0 Å². The van der Waals surface area contributed by atoms with Crippen LogP contribution in [0, 0.1) is 11.6 Å². The molecule has 0 saturated carbocycles. The molecule has 0 radical (unpaired) electrons. The van der Waals surface area contributed by atoms with E-state index in [4.69, 9.17) is 4.74 Å². The van der Waals surface area contributed by atoms with Gasteiger partial charge in [0, 0.05) is 48.6 Å². The third kappa shape index (κ3) is 5.22. The first-order chi connectivity index (χ1) is 19.9. The largest absolute Gasteiger partial charge is 0.453 e. The number of anilines is 1. The van der Waals surface area contributed by atoms with Crippen molar-refractivity contribution >= 4 is 33.1 Å². The molecule has 0 aliphatic carbocycles. The van der Waals surface area contributed by atoms with Crippen LogP contribution in [0.25, 0.3) is 26.5 Å². The number of imidazole rings is 1. The third-order valence-electron chi connectivity index (χ3n) is 6.33. The van der Waals surface area contributed by atoms with E-state index in [1.807, 2.05) is 23.8 Å². The van der Waals surface area contributed by atoms with Gasteiger partial charge in [-0.15, -0.1) is 11.3 Å². The standard InChI is InChI=1S/C30H21F2N5O3S/c1-2-36-16-24(34-17-36)27-15-23-28(41-27)26(11-12-33-23)40-25-10-7-19(14-22(25)32)35-29(38)21-4-3-13-37(30(21)39)20-8-5-18(31)6-9-20/h3-17H,2H2,1H3,(H,35,38). The van der Waals surface area contributed by atoms with Crippen LogP contribution < -0.4 is 15.6 Å². The Morgan fingerprint density at radius 1 is 1.02 bits per heavy atom. The number of ether oxygens (including phenoxy) is 1. The summed E-state index contributed by atoms with van der Waals surface area (Å²) in [6.07, 6.45) is 6.77. The Balaban J connectivity index is 1.22. The van der Waals surface area contributed by atoms with Crippen LogP contribution in [-0.2, 0) is 6.54 Å². The summed E-state index contributed by atoms with van der Waals surface area (Å²) in [5, 5.41) is 2.55. The lowest BCUT2D eigenvalue weighted by Crippen LogP contribution is -2.27. The Kier molecular flexibility index (Phi) is 6.86. The Morgan fingerprint density at radius 3 is 2.61 bits per heavy atom. The number of nitrogens with zero attached hydrogens (tertiary/aromatic N) is 4. The molecule has 8 nitrogen and oxygen atoms in total. The molecule has 4 aromatic heterocycles. The fraction of sp³-hybridized carbons (Fsp3) is 0.0667. The monoisotopic (exact) mass is 569 g/mol. The minimum absolute atomic E-state index is 0.0425. The van der Waals surface area contributed by atoms with E-state index in [1.54, 1.807) is 18.6 Å². The van der Waals surface area contributed by atoms with Gasteiger partial charge in [-0.05, 0) is 61.5 Å². The highest BCUT2D eigenvalue weighted by Crippen LogP contribution is 2.39. The number of amides is 1. The van der Waals surface area contributed by atoms with Crippen molar-refractivity contribution in [3.8, 4) is 27.8 Å². The van der Waals surface area contributed by atoms with Crippen LogP contribution in [-0.4, -0.2) is 25.0 Å². The van der Waals surface area contributed by atoms with Gasteiger partial charge in [0.05, 0.1) is 27.1 Å². The number of benzene rings is 2. The summed E-state index contributed by atoms with van der Waals surface area (Å²) in [6, 6.07) is 15.8. The number of aryl methyl sites for hydroxylation is 1. The topological polar surface area (TPSA) is 91.0 Å². The molecule has 0 aliphatic heterocycles. The van der Waals surface area contributed by atoms with Gasteiger partial charge in [-0.2, -0.15) is 0 Å².